The Morgan fingerprint density at radius 2 is 1.76 bits per heavy atom. The molecule has 1 aromatic rings. The number of hydrogen-bond acceptors (Lipinski definition) is 4. The van der Waals surface area contributed by atoms with Crippen LogP contribution >= 0.6 is 0 Å². The van der Waals surface area contributed by atoms with Gasteiger partial charge in [0.15, 0.2) is 6.61 Å². The van der Waals surface area contributed by atoms with Crippen LogP contribution < -0.4 is 10.6 Å². The van der Waals surface area contributed by atoms with Gasteiger partial charge in [-0.1, -0.05) is 26.7 Å². The van der Waals surface area contributed by atoms with E-state index in [2.05, 4.69) is 24.5 Å². The Hall–Kier alpha value is -2.58. The minimum absolute atomic E-state index is 0.0241. The van der Waals surface area contributed by atoms with Crippen LogP contribution in [0.2, 0.25) is 0 Å². The lowest BCUT2D eigenvalue weighted by Crippen LogP contribution is -2.45. The van der Waals surface area contributed by atoms with Crippen molar-refractivity contribution in [2.24, 2.45) is 11.8 Å². The van der Waals surface area contributed by atoms with Crippen molar-refractivity contribution in [3.8, 4) is 0 Å². The predicted molar refractivity (Wildman–Crippen MR) is 98.8 cm³/mol. The fourth-order valence-corrected chi connectivity index (χ4v) is 3.30. The van der Waals surface area contributed by atoms with E-state index >= 15 is 0 Å². The van der Waals surface area contributed by atoms with Crippen LogP contribution in [0.1, 0.15) is 49.0 Å². The summed E-state index contributed by atoms with van der Waals surface area (Å²) in [5.41, 5.74) is -0.898. The number of rotatable bonds is 6. The smallest absolute Gasteiger partial charge is 0.416 e. The highest BCUT2D eigenvalue weighted by Gasteiger charge is 2.30. The van der Waals surface area contributed by atoms with Gasteiger partial charge in [0, 0.05) is 11.6 Å². The minimum atomic E-state index is -4.49. The summed E-state index contributed by atoms with van der Waals surface area (Å²) in [5.74, 6) is -1.09. The van der Waals surface area contributed by atoms with Crippen molar-refractivity contribution in [3.63, 3.8) is 0 Å². The molecule has 6 nitrogen and oxygen atoms in total. The zero-order valence-corrected chi connectivity index (χ0v) is 16.3. The van der Waals surface area contributed by atoms with E-state index in [4.69, 9.17) is 4.74 Å². The number of alkyl halides is 3. The Kier molecular flexibility index (Phi) is 7.64. The summed E-state index contributed by atoms with van der Waals surface area (Å²) in [7, 11) is 0. The highest BCUT2D eigenvalue weighted by atomic mass is 19.4. The Bertz CT molecular complexity index is 734. The molecular weight excluding hydrogens is 389 g/mol. The Labute approximate surface area is 167 Å². The fraction of sp³-hybridized carbons (Fsp3) is 0.550. The van der Waals surface area contributed by atoms with Crippen LogP contribution in [0.15, 0.2) is 24.3 Å². The average molecular weight is 414 g/mol. The van der Waals surface area contributed by atoms with E-state index in [0.29, 0.717) is 11.8 Å². The van der Waals surface area contributed by atoms with Crippen molar-refractivity contribution >= 4 is 17.8 Å². The third-order valence-electron chi connectivity index (χ3n) is 5.29. The molecular formula is C20H25F3N2O4. The predicted octanol–water partition coefficient (Wildman–Crippen LogP) is 2.92. The van der Waals surface area contributed by atoms with E-state index in [9.17, 15) is 27.6 Å². The lowest BCUT2D eigenvalue weighted by Gasteiger charge is -2.34. The van der Waals surface area contributed by atoms with Gasteiger partial charge in [0.2, 0.25) is 0 Å². The molecule has 0 saturated heterocycles. The van der Waals surface area contributed by atoms with Gasteiger partial charge in [-0.3, -0.25) is 14.4 Å². The van der Waals surface area contributed by atoms with Crippen LogP contribution in [-0.4, -0.2) is 37.0 Å². The second kappa shape index (κ2) is 9.76. The number of carbonyl (C=O) groups is 3. The van der Waals surface area contributed by atoms with Crippen LogP contribution in [0.25, 0.3) is 0 Å². The van der Waals surface area contributed by atoms with Gasteiger partial charge in [0.25, 0.3) is 11.8 Å². The SMILES string of the molecule is C[C@H]1[C@@H](NC(=O)COC(=O)CNC(=O)c2ccc(C(F)(F)F)cc2)CCC[C@@H]1C. The Morgan fingerprint density at radius 3 is 2.38 bits per heavy atom. The number of ether oxygens (including phenoxy) is 1. The molecule has 0 aromatic heterocycles. The normalized spacial score (nSPS) is 21.9. The first-order valence-electron chi connectivity index (χ1n) is 9.48. The standard InChI is InChI=1S/C20H25F3N2O4/c1-12-4-3-5-16(13(12)2)25-17(26)11-29-18(27)10-24-19(28)14-6-8-15(9-7-14)20(21,22)23/h6-9,12-13,16H,3-5,10-11H2,1-2H3,(H,24,28)(H,25,26)/t12-,13+,16-/m0/s1. The maximum atomic E-state index is 12.5. The van der Waals surface area contributed by atoms with Gasteiger partial charge in [-0.2, -0.15) is 13.2 Å². The Morgan fingerprint density at radius 1 is 1.10 bits per heavy atom. The highest BCUT2D eigenvalue weighted by Crippen LogP contribution is 2.30. The second-order valence-electron chi connectivity index (χ2n) is 7.36. The van der Waals surface area contributed by atoms with Crippen LogP contribution in [-0.2, 0) is 20.5 Å². The van der Waals surface area contributed by atoms with Crippen molar-refractivity contribution in [1.29, 1.82) is 0 Å². The number of amides is 2. The highest BCUT2D eigenvalue weighted by molar-refractivity contribution is 5.96. The molecule has 0 heterocycles. The summed E-state index contributed by atoms with van der Waals surface area (Å²) in [6, 6.07) is 3.64. The molecule has 9 heteroatoms. The molecule has 2 rings (SSSR count). The second-order valence-corrected chi connectivity index (χ2v) is 7.36. The van der Waals surface area contributed by atoms with Crippen LogP contribution in [0, 0.1) is 11.8 Å². The van der Waals surface area contributed by atoms with E-state index in [1.54, 1.807) is 0 Å². The molecule has 0 radical (unpaired) electrons. The van der Waals surface area contributed by atoms with E-state index in [-0.39, 0.29) is 11.6 Å². The van der Waals surface area contributed by atoms with E-state index in [0.717, 1.165) is 43.5 Å². The van der Waals surface area contributed by atoms with E-state index in [1.165, 1.54) is 0 Å². The lowest BCUT2D eigenvalue weighted by atomic mass is 9.78. The average Bonchev–Trinajstić information content (AvgIpc) is 2.67. The molecule has 0 spiro atoms. The molecule has 1 aliphatic carbocycles. The van der Waals surface area contributed by atoms with Gasteiger partial charge in [-0.15, -0.1) is 0 Å². The van der Waals surface area contributed by atoms with Gasteiger partial charge in [-0.05, 0) is 42.5 Å². The quantitative estimate of drug-likeness (QED) is 0.701. The lowest BCUT2D eigenvalue weighted by molar-refractivity contribution is -0.147. The fourth-order valence-electron chi connectivity index (χ4n) is 3.30. The van der Waals surface area contributed by atoms with Gasteiger partial charge in [0.1, 0.15) is 6.54 Å². The molecule has 2 N–H and O–H groups in total. The molecule has 2 amide bonds. The molecule has 1 aliphatic rings. The van der Waals surface area contributed by atoms with Gasteiger partial charge in [0.05, 0.1) is 5.56 Å². The number of nitrogens with one attached hydrogen (secondary N) is 2. The topological polar surface area (TPSA) is 84.5 Å². The molecule has 29 heavy (non-hydrogen) atoms. The van der Waals surface area contributed by atoms with Crippen molar-refractivity contribution in [2.45, 2.75) is 45.3 Å². The maximum Gasteiger partial charge on any atom is 0.416 e. The van der Waals surface area contributed by atoms with Gasteiger partial charge in [-0.25, -0.2) is 0 Å². The summed E-state index contributed by atoms with van der Waals surface area (Å²) >= 11 is 0. The first kappa shape index (κ1) is 22.7. The monoisotopic (exact) mass is 414 g/mol. The largest absolute Gasteiger partial charge is 0.454 e. The summed E-state index contributed by atoms with van der Waals surface area (Å²) in [6.07, 6.45) is -1.45. The molecule has 160 valence electrons. The molecule has 1 saturated carbocycles. The summed E-state index contributed by atoms with van der Waals surface area (Å²) in [4.78, 5) is 35.6. The van der Waals surface area contributed by atoms with Gasteiger partial charge < -0.3 is 15.4 Å². The van der Waals surface area contributed by atoms with Crippen molar-refractivity contribution in [2.75, 3.05) is 13.2 Å². The third-order valence-corrected chi connectivity index (χ3v) is 5.29. The first-order chi connectivity index (χ1) is 13.6. The zero-order valence-electron chi connectivity index (χ0n) is 16.3. The van der Waals surface area contributed by atoms with Gasteiger partial charge >= 0.3 is 12.1 Å². The molecule has 1 fully saturated rings. The van der Waals surface area contributed by atoms with Crippen LogP contribution in [0.3, 0.4) is 0 Å². The molecule has 0 unspecified atom stereocenters. The molecule has 0 aliphatic heterocycles. The number of carbonyl (C=O) groups excluding carboxylic acids is 3. The van der Waals surface area contributed by atoms with E-state index in [1.807, 2.05) is 0 Å². The van der Waals surface area contributed by atoms with Crippen LogP contribution in [0.4, 0.5) is 13.2 Å². The van der Waals surface area contributed by atoms with E-state index < -0.39 is 42.7 Å². The number of hydrogen-bond donors (Lipinski definition) is 2. The Balaban J connectivity index is 1.72. The molecule has 1 aromatic carbocycles. The first-order valence-corrected chi connectivity index (χ1v) is 9.48. The molecule has 0 bridgehead atoms. The minimum Gasteiger partial charge on any atom is -0.454 e. The maximum absolute atomic E-state index is 12.5. The molecule has 3 atom stereocenters. The van der Waals surface area contributed by atoms with Crippen molar-refractivity contribution in [3.05, 3.63) is 35.4 Å². The summed E-state index contributed by atoms with van der Waals surface area (Å²) in [5, 5.41) is 5.12. The number of halogens is 3. The zero-order chi connectivity index (χ0) is 21.6. The summed E-state index contributed by atoms with van der Waals surface area (Å²) < 4.78 is 42.4. The van der Waals surface area contributed by atoms with Crippen molar-refractivity contribution < 1.29 is 32.3 Å². The number of benzene rings is 1. The third kappa shape index (κ3) is 6.76. The van der Waals surface area contributed by atoms with Crippen molar-refractivity contribution in [1.82, 2.24) is 10.6 Å². The number of esters is 1. The summed E-state index contributed by atoms with van der Waals surface area (Å²) in [6.45, 7) is 3.27. The van der Waals surface area contributed by atoms with Crippen LogP contribution in [0.5, 0.6) is 0 Å².